The second kappa shape index (κ2) is 8.68. The number of ether oxygens (including phenoxy) is 1. The van der Waals surface area contributed by atoms with E-state index in [9.17, 15) is 14.4 Å². The van der Waals surface area contributed by atoms with Gasteiger partial charge in [0.25, 0.3) is 5.91 Å². The zero-order valence-corrected chi connectivity index (χ0v) is 17.2. The molecule has 1 amide bonds. The highest BCUT2D eigenvalue weighted by atomic mass is 16.5. The fourth-order valence-corrected chi connectivity index (χ4v) is 5.32. The number of carbonyl (C=O) groups is 3. The Hall–Kier alpha value is -2.17. The van der Waals surface area contributed by atoms with Crippen molar-refractivity contribution in [3.63, 3.8) is 0 Å². The maximum Gasteiger partial charge on any atom is 0.309 e. The third kappa shape index (κ3) is 4.54. The highest BCUT2D eigenvalue weighted by molar-refractivity contribution is 5.88. The van der Waals surface area contributed by atoms with Gasteiger partial charge in [-0.1, -0.05) is 24.6 Å². The molecular weight excluding hydrogens is 366 g/mol. The first-order valence-corrected chi connectivity index (χ1v) is 11.1. The van der Waals surface area contributed by atoms with Crippen LogP contribution < -0.4 is 5.32 Å². The number of amides is 1. The zero-order chi connectivity index (χ0) is 20.4. The number of benzene rings is 1. The molecule has 0 radical (unpaired) electrons. The van der Waals surface area contributed by atoms with E-state index in [1.807, 2.05) is 6.92 Å². The van der Waals surface area contributed by atoms with Crippen LogP contribution in [0.5, 0.6) is 0 Å². The summed E-state index contributed by atoms with van der Waals surface area (Å²) in [7, 11) is 0. The lowest BCUT2D eigenvalue weighted by atomic mass is 9.67. The number of aryl methyl sites for hydroxylation is 2. The molecule has 2 bridgehead atoms. The van der Waals surface area contributed by atoms with Gasteiger partial charge in [-0.15, -0.1) is 0 Å². The van der Waals surface area contributed by atoms with Crippen LogP contribution in [-0.2, 0) is 32.0 Å². The van der Waals surface area contributed by atoms with Gasteiger partial charge in [0, 0.05) is 11.8 Å². The molecule has 2 fully saturated rings. The summed E-state index contributed by atoms with van der Waals surface area (Å²) in [4.78, 5) is 36.9. The second-order valence-corrected chi connectivity index (χ2v) is 9.03. The summed E-state index contributed by atoms with van der Waals surface area (Å²) in [5, 5.41) is 2.94. The van der Waals surface area contributed by atoms with Gasteiger partial charge in [-0.3, -0.25) is 14.4 Å². The normalized spacial score (nSPS) is 26.9. The third-order valence-corrected chi connectivity index (χ3v) is 6.98. The zero-order valence-electron chi connectivity index (χ0n) is 17.2. The molecule has 5 heteroatoms. The van der Waals surface area contributed by atoms with E-state index < -0.39 is 0 Å². The van der Waals surface area contributed by atoms with Crippen LogP contribution in [0.15, 0.2) is 18.2 Å². The number of nitrogens with one attached hydrogen (secondary N) is 1. The van der Waals surface area contributed by atoms with Crippen LogP contribution in [0.3, 0.4) is 0 Å². The smallest absolute Gasteiger partial charge is 0.309 e. The Morgan fingerprint density at radius 1 is 1.07 bits per heavy atom. The topological polar surface area (TPSA) is 72.5 Å². The molecule has 156 valence electrons. The van der Waals surface area contributed by atoms with Gasteiger partial charge in [0.05, 0.1) is 12.0 Å². The van der Waals surface area contributed by atoms with E-state index in [-0.39, 0.29) is 42.3 Å². The Kier molecular flexibility index (Phi) is 6.02. The van der Waals surface area contributed by atoms with Crippen LogP contribution in [0, 0.1) is 17.8 Å². The van der Waals surface area contributed by atoms with E-state index >= 15 is 0 Å². The molecule has 5 nitrogen and oxygen atoms in total. The molecule has 4 rings (SSSR count). The first-order valence-electron chi connectivity index (χ1n) is 11.1. The molecule has 0 aliphatic heterocycles. The van der Waals surface area contributed by atoms with Crippen LogP contribution >= 0.6 is 0 Å². The van der Waals surface area contributed by atoms with Crippen molar-refractivity contribution in [3.05, 3.63) is 34.9 Å². The van der Waals surface area contributed by atoms with Crippen LogP contribution in [0.1, 0.15) is 74.6 Å². The number of Topliss-reactive ketones (excluding diaryl/α,β-unsaturated/α-hetero) is 1. The van der Waals surface area contributed by atoms with Gasteiger partial charge >= 0.3 is 5.97 Å². The summed E-state index contributed by atoms with van der Waals surface area (Å²) in [6.07, 6.45) is 8.74. The molecule has 4 atom stereocenters. The van der Waals surface area contributed by atoms with E-state index in [1.165, 1.54) is 24.0 Å². The molecule has 2 saturated carbocycles. The van der Waals surface area contributed by atoms with Gasteiger partial charge in [0.2, 0.25) is 0 Å². The number of rotatable bonds is 5. The highest BCUT2D eigenvalue weighted by Gasteiger charge is 2.41. The van der Waals surface area contributed by atoms with Crippen molar-refractivity contribution in [3.8, 4) is 0 Å². The minimum absolute atomic E-state index is 0.0120. The number of hydrogen-bond acceptors (Lipinski definition) is 4. The standard InChI is InChI=1S/C24H31NO4/c1-15(17-10-9-16-5-2-3-6-18(16)11-17)25-22(26)14-29-24(28)21-12-19-7-4-8-20(13-21)23(19)27/h9-11,15,19-21H,2-8,12-14H2,1H3,(H,25,26)/t15-,19-,20+,21?/m0/s1. The Balaban J connectivity index is 1.26. The highest BCUT2D eigenvalue weighted by Crippen LogP contribution is 2.40. The quantitative estimate of drug-likeness (QED) is 0.770. The molecule has 1 N–H and O–H groups in total. The molecule has 0 aromatic heterocycles. The first-order chi connectivity index (χ1) is 14.0. The lowest BCUT2D eigenvalue weighted by molar-refractivity contribution is -0.156. The third-order valence-electron chi connectivity index (χ3n) is 6.98. The van der Waals surface area contributed by atoms with Crippen LogP contribution in [0.25, 0.3) is 0 Å². The van der Waals surface area contributed by atoms with E-state index in [0.717, 1.165) is 37.7 Å². The van der Waals surface area contributed by atoms with Crippen molar-refractivity contribution in [1.82, 2.24) is 5.32 Å². The van der Waals surface area contributed by atoms with Gasteiger partial charge < -0.3 is 10.1 Å². The Labute approximate surface area is 172 Å². The monoisotopic (exact) mass is 397 g/mol. The number of ketones is 1. The van der Waals surface area contributed by atoms with Crippen LogP contribution in [0.4, 0.5) is 0 Å². The minimum atomic E-state index is -0.328. The summed E-state index contributed by atoms with van der Waals surface area (Å²) in [6.45, 7) is 1.70. The maximum atomic E-state index is 12.4. The van der Waals surface area contributed by atoms with Gasteiger partial charge in [-0.25, -0.2) is 0 Å². The number of fused-ring (bicyclic) bond motifs is 3. The van der Waals surface area contributed by atoms with Crippen molar-refractivity contribution < 1.29 is 19.1 Å². The summed E-state index contributed by atoms with van der Waals surface area (Å²) < 4.78 is 5.31. The number of hydrogen-bond donors (Lipinski definition) is 1. The van der Waals surface area contributed by atoms with Crippen LogP contribution in [0.2, 0.25) is 0 Å². The molecule has 29 heavy (non-hydrogen) atoms. The predicted molar refractivity (Wildman–Crippen MR) is 109 cm³/mol. The predicted octanol–water partition coefficient (Wildman–Crippen LogP) is 3.68. The fourth-order valence-electron chi connectivity index (χ4n) is 5.32. The van der Waals surface area contributed by atoms with Gasteiger partial charge in [-0.2, -0.15) is 0 Å². The summed E-state index contributed by atoms with van der Waals surface area (Å²) in [5.41, 5.74) is 3.89. The summed E-state index contributed by atoms with van der Waals surface area (Å²) in [5.74, 6) is -0.497. The van der Waals surface area contributed by atoms with Crippen molar-refractivity contribution >= 4 is 17.7 Å². The molecular formula is C24H31NO4. The van der Waals surface area contributed by atoms with Crippen molar-refractivity contribution in [2.75, 3.05) is 6.61 Å². The average Bonchev–Trinajstić information content (AvgIpc) is 2.71. The van der Waals surface area contributed by atoms with E-state index in [4.69, 9.17) is 4.74 Å². The number of carbonyl (C=O) groups excluding carboxylic acids is 3. The molecule has 3 aliphatic carbocycles. The molecule has 1 aromatic carbocycles. The van der Waals surface area contributed by atoms with Crippen molar-refractivity contribution in [2.24, 2.45) is 17.8 Å². The first kappa shape index (κ1) is 20.1. The Bertz CT molecular complexity index is 786. The lowest BCUT2D eigenvalue weighted by Crippen LogP contribution is -2.40. The molecule has 0 heterocycles. The average molecular weight is 398 g/mol. The Morgan fingerprint density at radius 2 is 1.76 bits per heavy atom. The SMILES string of the molecule is C[C@H](NC(=O)COC(=O)C1C[C@H]2CCC[C@@H](C1)C2=O)c1ccc2c(c1)CCCC2. The van der Waals surface area contributed by atoms with E-state index in [0.29, 0.717) is 18.6 Å². The summed E-state index contributed by atoms with van der Waals surface area (Å²) >= 11 is 0. The Morgan fingerprint density at radius 3 is 2.48 bits per heavy atom. The number of esters is 1. The van der Waals surface area contributed by atoms with Gasteiger partial charge in [0.15, 0.2) is 6.61 Å². The minimum Gasteiger partial charge on any atom is -0.455 e. The summed E-state index contributed by atoms with van der Waals surface area (Å²) in [6, 6.07) is 6.33. The fraction of sp³-hybridized carbons (Fsp3) is 0.625. The van der Waals surface area contributed by atoms with Crippen molar-refractivity contribution in [1.29, 1.82) is 0 Å². The van der Waals surface area contributed by atoms with E-state index in [1.54, 1.807) is 0 Å². The molecule has 3 aliphatic rings. The van der Waals surface area contributed by atoms with E-state index in [2.05, 4.69) is 23.5 Å². The lowest BCUT2D eigenvalue weighted by Gasteiger charge is -2.36. The molecule has 1 unspecified atom stereocenters. The largest absolute Gasteiger partial charge is 0.455 e. The molecule has 1 aromatic rings. The molecule has 0 spiro atoms. The van der Waals surface area contributed by atoms with Gasteiger partial charge in [-0.05, 0) is 75.0 Å². The second-order valence-electron chi connectivity index (χ2n) is 9.03. The maximum absolute atomic E-state index is 12.4. The van der Waals surface area contributed by atoms with Crippen molar-refractivity contribution in [2.45, 2.75) is 70.8 Å². The molecule has 0 saturated heterocycles. The van der Waals surface area contributed by atoms with Gasteiger partial charge in [0.1, 0.15) is 5.78 Å². The van der Waals surface area contributed by atoms with Crippen LogP contribution in [-0.4, -0.2) is 24.3 Å².